The molecule has 9 nitrogen and oxygen atoms in total. The lowest BCUT2D eigenvalue weighted by molar-refractivity contribution is -0.139. The molecule has 1 aliphatic heterocycles. The van der Waals surface area contributed by atoms with Crippen LogP contribution in [0.3, 0.4) is 0 Å². The van der Waals surface area contributed by atoms with Crippen LogP contribution in [0.5, 0.6) is 5.75 Å². The van der Waals surface area contributed by atoms with Gasteiger partial charge in [0.1, 0.15) is 30.5 Å². The molecule has 0 aliphatic carbocycles. The summed E-state index contributed by atoms with van der Waals surface area (Å²) in [5, 5.41) is 7.14. The number of carbonyl (C=O) groups excluding carboxylic acids is 2. The molecule has 176 valence electrons. The number of nitrogens with one attached hydrogen (secondary N) is 1. The molecular weight excluding hydrogens is 441 g/mol. The molecule has 34 heavy (non-hydrogen) atoms. The maximum Gasteiger partial charge on any atom is 0.338 e. The SMILES string of the molecule is CCOC(=O)C1=C(C)N(CC(=O)Nc2ccc(OC)cc2)c2ncnn2[C@H]1c1ccc(F)cc1. The van der Waals surface area contributed by atoms with E-state index in [1.54, 1.807) is 62.3 Å². The number of anilines is 2. The summed E-state index contributed by atoms with van der Waals surface area (Å²) in [6.45, 7) is 3.50. The van der Waals surface area contributed by atoms with E-state index in [1.807, 2.05) is 0 Å². The Morgan fingerprint density at radius 2 is 1.82 bits per heavy atom. The summed E-state index contributed by atoms with van der Waals surface area (Å²) < 4.78 is 25.6. The molecule has 2 heterocycles. The van der Waals surface area contributed by atoms with Gasteiger partial charge in [0.25, 0.3) is 0 Å². The first kappa shape index (κ1) is 23.0. The second-order valence-electron chi connectivity index (χ2n) is 7.54. The molecule has 1 amide bonds. The Bertz CT molecular complexity index is 1220. The highest BCUT2D eigenvalue weighted by Crippen LogP contribution is 2.38. The van der Waals surface area contributed by atoms with Crippen molar-refractivity contribution in [2.45, 2.75) is 19.9 Å². The molecular formula is C24H24FN5O4. The number of rotatable bonds is 7. The lowest BCUT2D eigenvalue weighted by atomic mass is 9.95. The Kier molecular flexibility index (Phi) is 6.58. The highest BCUT2D eigenvalue weighted by molar-refractivity contribution is 5.96. The molecule has 10 heteroatoms. The van der Waals surface area contributed by atoms with Crippen LogP contribution < -0.4 is 15.0 Å². The summed E-state index contributed by atoms with van der Waals surface area (Å²) in [5.41, 5.74) is 2.03. The second-order valence-corrected chi connectivity index (χ2v) is 7.54. The maximum atomic E-state index is 13.6. The summed E-state index contributed by atoms with van der Waals surface area (Å²) >= 11 is 0. The molecule has 1 N–H and O–H groups in total. The Hall–Kier alpha value is -4.21. The van der Waals surface area contributed by atoms with E-state index in [0.29, 0.717) is 34.2 Å². The molecule has 0 fully saturated rings. The number of halogens is 1. The zero-order valence-electron chi connectivity index (χ0n) is 19.0. The first-order valence-corrected chi connectivity index (χ1v) is 10.7. The summed E-state index contributed by atoms with van der Waals surface area (Å²) in [6, 6.07) is 12.1. The van der Waals surface area contributed by atoms with Crippen LogP contribution in [0.15, 0.2) is 66.1 Å². The van der Waals surface area contributed by atoms with E-state index < -0.39 is 17.8 Å². The molecule has 4 rings (SSSR count). The molecule has 1 aromatic heterocycles. The van der Waals surface area contributed by atoms with Gasteiger partial charge in [-0.15, -0.1) is 0 Å². The predicted octanol–water partition coefficient (Wildman–Crippen LogP) is 3.31. The second kappa shape index (κ2) is 9.74. The standard InChI is InChI=1S/C24H24FN5O4/c1-4-34-23(32)21-15(2)29(13-20(31)28-18-9-11-19(33-3)12-10-18)24-26-14-27-30(24)22(21)16-5-7-17(25)8-6-16/h5-12,14,22H,4,13H2,1-3H3,(H,28,31)/t22-/m0/s1. The fraction of sp³-hybridized carbons (Fsp3) is 0.250. The average Bonchev–Trinajstić information content (AvgIpc) is 3.31. The van der Waals surface area contributed by atoms with Crippen molar-refractivity contribution in [1.82, 2.24) is 14.8 Å². The predicted molar refractivity (Wildman–Crippen MR) is 123 cm³/mol. The van der Waals surface area contributed by atoms with Gasteiger partial charge in [-0.05, 0) is 55.8 Å². The molecule has 1 atom stereocenters. The zero-order valence-corrected chi connectivity index (χ0v) is 19.0. The summed E-state index contributed by atoms with van der Waals surface area (Å²) in [5.74, 6) is -0.205. The van der Waals surface area contributed by atoms with Gasteiger partial charge in [-0.2, -0.15) is 10.1 Å². The average molecular weight is 465 g/mol. The van der Waals surface area contributed by atoms with Gasteiger partial charge in [0.15, 0.2) is 0 Å². The molecule has 0 bridgehead atoms. The van der Waals surface area contributed by atoms with Gasteiger partial charge in [0.05, 0.1) is 19.3 Å². The number of esters is 1. The van der Waals surface area contributed by atoms with Gasteiger partial charge in [-0.25, -0.2) is 13.9 Å². The third-order valence-corrected chi connectivity index (χ3v) is 5.46. The molecule has 0 spiro atoms. The lowest BCUT2D eigenvalue weighted by Gasteiger charge is -2.35. The van der Waals surface area contributed by atoms with Crippen LogP contribution in [-0.2, 0) is 14.3 Å². The molecule has 0 unspecified atom stereocenters. The Morgan fingerprint density at radius 3 is 2.47 bits per heavy atom. The first-order valence-electron chi connectivity index (χ1n) is 10.7. The molecule has 3 aromatic rings. The summed E-state index contributed by atoms with van der Waals surface area (Å²) in [6.07, 6.45) is 1.35. The number of methoxy groups -OCH3 is 1. The minimum absolute atomic E-state index is 0.115. The highest BCUT2D eigenvalue weighted by atomic mass is 19.1. The van der Waals surface area contributed by atoms with Crippen molar-refractivity contribution in [3.05, 3.63) is 77.5 Å². The lowest BCUT2D eigenvalue weighted by Crippen LogP contribution is -2.40. The van der Waals surface area contributed by atoms with Crippen LogP contribution in [0.2, 0.25) is 0 Å². The monoisotopic (exact) mass is 465 g/mol. The van der Waals surface area contributed by atoms with Crippen LogP contribution in [-0.4, -0.2) is 46.9 Å². The van der Waals surface area contributed by atoms with Gasteiger partial charge in [-0.1, -0.05) is 12.1 Å². The van der Waals surface area contributed by atoms with Gasteiger partial charge in [-0.3, -0.25) is 4.79 Å². The van der Waals surface area contributed by atoms with Crippen molar-refractivity contribution in [3.8, 4) is 5.75 Å². The summed E-state index contributed by atoms with van der Waals surface area (Å²) in [7, 11) is 1.57. The number of benzene rings is 2. The summed E-state index contributed by atoms with van der Waals surface area (Å²) in [4.78, 5) is 31.8. The Morgan fingerprint density at radius 1 is 1.12 bits per heavy atom. The van der Waals surface area contributed by atoms with E-state index in [2.05, 4.69) is 15.4 Å². The number of carbonyl (C=O) groups is 2. The fourth-order valence-corrected chi connectivity index (χ4v) is 3.86. The van der Waals surface area contributed by atoms with Crippen molar-refractivity contribution < 1.29 is 23.5 Å². The van der Waals surface area contributed by atoms with Crippen molar-refractivity contribution >= 4 is 23.5 Å². The van der Waals surface area contributed by atoms with Crippen molar-refractivity contribution in [2.24, 2.45) is 0 Å². The highest BCUT2D eigenvalue weighted by Gasteiger charge is 2.38. The molecule has 0 radical (unpaired) electrons. The van der Waals surface area contributed by atoms with Gasteiger partial charge < -0.3 is 19.7 Å². The van der Waals surface area contributed by atoms with Crippen molar-refractivity contribution in [1.29, 1.82) is 0 Å². The number of ether oxygens (including phenoxy) is 2. The van der Waals surface area contributed by atoms with E-state index in [9.17, 15) is 14.0 Å². The molecule has 0 saturated heterocycles. The Balaban J connectivity index is 1.69. The number of nitrogens with zero attached hydrogens (tertiary/aromatic N) is 4. The van der Waals surface area contributed by atoms with E-state index in [0.717, 1.165) is 0 Å². The first-order chi connectivity index (χ1) is 16.4. The van der Waals surface area contributed by atoms with Crippen molar-refractivity contribution in [2.75, 3.05) is 30.5 Å². The van der Waals surface area contributed by atoms with Crippen molar-refractivity contribution in [3.63, 3.8) is 0 Å². The number of aromatic nitrogens is 3. The fourth-order valence-electron chi connectivity index (χ4n) is 3.86. The van der Waals surface area contributed by atoms with Crippen LogP contribution in [0, 0.1) is 5.82 Å². The number of allylic oxidation sites excluding steroid dienone is 1. The largest absolute Gasteiger partial charge is 0.497 e. The molecule has 0 saturated carbocycles. The van der Waals surface area contributed by atoms with Crippen LogP contribution in [0.1, 0.15) is 25.5 Å². The van der Waals surface area contributed by atoms with Crippen LogP contribution >= 0.6 is 0 Å². The van der Waals surface area contributed by atoms with Gasteiger partial charge in [0.2, 0.25) is 11.9 Å². The third kappa shape index (κ3) is 4.47. The number of hydrogen-bond donors (Lipinski definition) is 1. The van der Waals surface area contributed by atoms with Crippen LogP contribution in [0.25, 0.3) is 0 Å². The maximum absolute atomic E-state index is 13.6. The minimum Gasteiger partial charge on any atom is -0.497 e. The zero-order chi connectivity index (χ0) is 24.2. The van der Waals surface area contributed by atoms with E-state index in [1.165, 1.54) is 23.1 Å². The normalized spacial score (nSPS) is 15.1. The third-order valence-electron chi connectivity index (χ3n) is 5.46. The van der Waals surface area contributed by atoms with Gasteiger partial charge in [0, 0.05) is 11.4 Å². The molecule has 2 aromatic carbocycles. The molecule has 1 aliphatic rings. The van der Waals surface area contributed by atoms with E-state index in [-0.39, 0.29) is 19.1 Å². The number of amides is 1. The Labute approximate surface area is 195 Å². The smallest absolute Gasteiger partial charge is 0.338 e. The minimum atomic E-state index is -0.682. The van der Waals surface area contributed by atoms with E-state index >= 15 is 0 Å². The van der Waals surface area contributed by atoms with Gasteiger partial charge >= 0.3 is 5.97 Å². The van der Waals surface area contributed by atoms with Crippen LogP contribution in [0.4, 0.5) is 16.0 Å². The topological polar surface area (TPSA) is 98.6 Å². The van der Waals surface area contributed by atoms with E-state index in [4.69, 9.17) is 9.47 Å². The number of hydrogen-bond acceptors (Lipinski definition) is 7. The number of fused-ring (bicyclic) bond motifs is 1. The quantitative estimate of drug-likeness (QED) is 0.535.